The van der Waals surface area contributed by atoms with Crippen molar-refractivity contribution < 1.29 is 19.4 Å². The number of anilines is 1. The predicted octanol–water partition coefficient (Wildman–Crippen LogP) is 3.22. The largest absolute Gasteiger partial charge is 0.486 e. The molecule has 2 aliphatic rings. The highest BCUT2D eigenvalue weighted by atomic mass is 32.1. The molecule has 0 spiro atoms. The normalized spacial score (nSPS) is 17.6. The zero-order valence-corrected chi connectivity index (χ0v) is 13.3. The number of nitrogens with one attached hydrogen (secondary N) is 1. The van der Waals surface area contributed by atoms with Crippen LogP contribution in [0.1, 0.15) is 34.2 Å². The fourth-order valence-electron chi connectivity index (χ4n) is 2.72. The minimum absolute atomic E-state index is 0.180. The minimum atomic E-state index is -0.593. The molecule has 1 aromatic heterocycles. The molecule has 1 amide bonds. The van der Waals surface area contributed by atoms with Crippen LogP contribution >= 0.6 is 11.3 Å². The molecule has 1 fully saturated rings. The second-order valence-corrected chi connectivity index (χ2v) is 6.74. The number of hydrogen-bond acceptors (Lipinski definition) is 5. The Morgan fingerprint density at radius 3 is 2.65 bits per heavy atom. The number of carbonyl (C=O) groups excluding carboxylic acids is 1. The van der Waals surface area contributed by atoms with Crippen molar-refractivity contribution in [3.05, 3.63) is 40.1 Å². The molecule has 23 heavy (non-hydrogen) atoms. The summed E-state index contributed by atoms with van der Waals surface area (Å²) in [6, 6.07) is 7.15. The molecule has 2 aromatic rings. The number of hydrogen-bond donors (Lipinski definition) is 2. The first-order chi connectivity index (χ1) is 11.2. The van der Waals surface area contributed by atoms with E-state index in [1.54, 1.807) is 18.2 Å². The molecular formula is C17H17NO4S. The zero-order valence-electron chi connectivity index (χ0n) is 12.5. The Bertz CT molecular complexity index is 724. The molecule has 1 unspecified atom stereocenters. The third-order valence-electron chi connectivity index (χ3n) is 4.09. The number of aliphatic hydroxyl groups excluding tert-OH is 1. The lowest BCUT2D eigenvalue weighted by Gasteiger charge is -2.23. The standard InChI is InChI=1S/C17H17NO4S/c19-16(10-3-4-10)11-8-13-14(22-6-5-21-13)9-12(11)18-17(20)15-2-1-7-23-15/h1-2,7-10,16,19H,3-6H2,(H,18,20). The van der Waals surface area contributed by atoms with Gasteiger partial charge in [0.25, 0.3) is 5.91 Å². The Kier molecular flexibility index (Phi) is 3.71. The van der Waals surface area contributed by atoms with Crippen molar-refractivity contribution >= 4 is 22.9 Å². The zero-order chi connectivity index (χ0) is 15.8. The van der Waals surface area contributed by atoms with Gasteiger partial charge in [-0.2, -0.15) is 0 Å². The van der Waals surface area contributed by atoms with Crippen LogP contribution in [0, 0.1) is 5.92 Å². The molecule has 2 heterocycles. The number of thiophene rings is 1. The number of rotatable bonds is 4. The monoisotopic (exact) mass is 331 g/mol. The summed E-state index contributed by atoms with van der Waals surface area (Å²) >= 11 is 1.38. The first kappa shape index (κ1) is 14.5. The number of ether oxygens (including phenoxy) is 2. The van der Waals surface area contributed by atoms with E-state index >= 15 is 0 Å². The lowest BCUT2D eigenvalue weighted by atomic mass is 10.0. The van der Waals surface area contributed by atoms with Gasteiger partial charge in [0.1, 0.15) is 13.2 Å². The molecule has 0 radical (unpaired) electrons. The average Bonchev–Trinajstić information content (AvgIpc) is 3.27. The fraction of sp³-hybridized carbons (Fsp3) is 0.353. The van der Waals surface area contributed by atoms with E-state index in [2.05, 4.69) is 5.32 Å². The van der Waals surface area contributed by atoms with Gasteiger partial charge in [0.05, 0.1) is 16.7 Å². The van der Waals surface area contributed by atoms with Gasteiger partial charge >= 0.3 is 0 Å². The number of amides is 1. The maximum atomic E-state index is 12.3. The molecular weight excluding hydrogens is 314 g/mol. The molecule has 1 saturated carbocycles. The van der Waals surface area contributed by atoms with Gasteiger partial charge in [0.2, 0.25) is 0 Å². The van der Waals surface area contributed by atoms with Gasteiger partial charge < -0.3 is 19.9 Å². The van der Waals surface area contributed by atoms with Crippen LogP contribution in [0.25, 0.3) is 0 Å². The van der Waals surface area contributed by atoms with E-state index in [-0.39, 0.29) is 11.8 Å². The van der Waals surface area contributed by atoms with E-state index in [1.807, 2.05) is 11.4 Å². The van der Waals surface area contributed by atoms with Crippen molar-refractivity contribution in [1.29, 1.82) is 0 Å². The summed E-state index contributed by atoms with van der Waals surface area (Å²) in [5, 5.41) is 15.3. The third-order valence-corrected chi connectivity index (χ3v) is 4.96. The van der Waals surface area contributed by atoms with Crippen LogP contribution in [0.2, 0.25) is 0 Å². The number of aliphatic hydroxyl groups is 1. The van der Waals surface area contributed by atoms with E-state index < -0.39 is 6.10 Å². The Morgan fingerprint density at radius 1 is 1.26 bits per heavy atom. The van der Waals surface area contributed by atoms with E-state index in [4.69, 9.17) is 9.47 Å². The molecule has 1 aliphatic carbocycles. The van der Waals surface area contributed by atoms with Crippen LogP contribution in [-0.2, 0) is 0 Å². The second-order valence-electron chi connectivity index (χ2n) is 5.80. The predicted molar refractivity (Wildman–Crippen MR) is 87.4 cm³/mol. The van der Waals surface area contributed by atoms with Gasteiger partial charge in [0, 0.05) is 11.6 Å². The minimum Gasteiger partial charge on any atom is -0.486 e. The van der Waals surface area contributed by atoms with Crippen LogP contribution in [0.5, 0.6) is 11.5 Å². The van der Waals surface area contributed by atoms with Gasteiger partial charge in [-0.05, 0) is 36.3 Å². The van der Waals surface area contributed by atoms with Crippen molar-refractivity contribution in [2.45, 2.75) is 18.9 Å². The highest BCUT2D eigenvalue weighted by Crippen LogP contribution is 2.46. The van der Waals surface area contributed by atoms with E-state index in [0.717, 1.165) is 12.8 Å². The van der Waals surface area contributed by atoms with Crippen molar-refractivity contribution in [1.82, 2.24) is 0 Å². The van der Waals surface area contributed by atoms with Crippen LogP contribution in [-0.4, -0.2) is 24.2 Å². The molecule has 5 nitrogen and oxygen atoms in total. The summed E-state index contributed by atoms with van der Waals surface area (Å²) < 4.78 is 11.2. The molecule has 1 aromatic carbocycles. The topological polar surface area (TPSA) is 67.8 Å². The summed E-state index contributed by atoms with van der Waals surface area (Å²) in [6.45, 7) is 0.975. The van der Waals surface area contributed by atoms with Gasteiger partial charge in [-0.25, -0.2) is 0 Å². The maximum Gasteiger partial charge on any atom is 0.265 e. The third kappa shape index (κ3) is 2.92. The molecule has 120 valence electrons. The Balaban J connectivity index is 1.69. The van der Waals surface area contributed by atoms with Gasteiger partial charge in [-0.1, -0.05) is 6.07 Å². The summed E-state index contributed by atoms with van der Waals surface area (Å²) in [7, 11) is 0. The van der Waals surface area contributed by atoms with Crippen molar-refractivity contribution in [2.24, 2.45) is 5.92 Å². The summed E-state index contributed by atoms with van der Waals surface area (Å²) in [6.07, 6.45) is 1.42. The van der Waals surface area contributed by atoms with Crippen LogP contribution in [0.3, 0.4) is 0 Å². The van der Waals surface area contributed by atoms with Crippen LogP contribution < -0.4 is 14.8 Å². The molecule has 4 rings (SSSR count). The second kappa shape index (κ2) is 5.86. The first-order valence-corrected chi connectivity index (χ1v) is 8.57. The SMILES string of the molecule is O=C(Nc1cc2c(cc1C(O)C1CC1)OCCO2)c1cccs1. The molecule has 6 heteroatoms. The van der Waals surface area contributed by atoms with Crippen LogP contribution in [0.15, 0.2) is 29.6 Å². The smallest absolute Gasteiger partial charge is 0.265 e. The van der Waals surface area contributed by atoms with E-state index in [1.165, 1.54) is 11.3 Å². The Labute approximate surface area is 137 Å². The average molecular weight is 331 g/mol. The van der Waals surface area contributed by atoms with Crippen molar-refractivity contribution in [3.8, 4) is 11.5 Å². The maximum absolute atomic E-state index is 12.3. The van der Waals surface area contributed by atoms with Crippen LogP contribution in [0.4, 0.5) is 5.69 Å². The fourth-order valence-corrected chi connectivity index (χ4v) is 3.33. The molecule has 0 saturated heterocycles. The Hall–Kier alpha value is -2.05. The van der Waals surface area contributed by atoms with Crippen molar-refractivity contribution in [2.75, 3.05) is 18.5 Å². The highest BCUT2D eigenvalue weighted by Gasteiger charge is 2.33. The molecule has 1 atom stereocenters. The van der Waals surface area contributed by atoms with Gasteiger partial charge in [-0.3, -0.25) is 4.79 Å². The number of carbonyl (C=O) groups is 1. The lowest BCUT2D eigenvalue weighted by molar-refractivity contribution is 0.102. The van der Waals surface area contributed by atoms with E-state index in [0.29, 0.717) is 40.8 Å². The molecule has 2 N–H and O–H groups in total. The molecule has 0 bridgehead atoms. The number of fused-ring (bicyclic) bond motifs is 1. The summed E-state index contributed by atoms with van der Waals surface area (Å²) in [4.78, 5) is 13.0. The summed E-state index contributed by atoms with van der Waals surface area (Å²) in [5.41, 5.74) is 1.29. The Morgan fingerprint density at radius 2 is 2.00 bits per heavy atom. The first-order valence-electron chi connectivity index (χ1n) is 7.69. The lowest BCUT2D eigenvalue weighted by Crippen LogP contribution is -2.18. The van der Waals surface area contributed by atoms with E-state index in [9.17, 15) is 9.90 Å². The number of benzene rings is 1. The molecule has 1 aliphatic heterocycles. The van der Waals surface area contributed by atoms with Gasteiger partial charge in [0.15, 0.2) is 11.5 Å². The van der Waals surface area contributed by atoms with Crippen molar-refractivity contribution in [3.63, 3.8) is 0 Å². The quantitative estimate of drug-likeness (QED) is 0.903. The van der Waals surface area contributed by atoms with Gasteiger partial charge in [-0.15, -0.1) is 11.3 Å². The summed E-state index contributed by atoms with van der Waals surface area (Å²) in [5.74, 6) is 1.31. The highest BCUT2D eigenvalue weighted by molar-refractivity contribution is 7.12.